The zero-order chi connectivity index (χ0) is 22.2. The van der Waals surface area contributed by atoms with Crippen LogP contribution in [0.25, 0.3) is 11.0 Å². The van der Waals surface area contributed by atoms with Crippen molar-refractivity contribution >= 4 is 34.4 Å². The normalized spacial score (nSPS) is 11.3. The number of rotatable bonds is 5. The molecule has 2 heterocycles. The molecule has 0 aliphatic rings. The Balaban J connectivity index is 1.97. The minimum Gasteiger partial charge on any atom is -0.325 e. The monoisotopic (exact) mass is 427 g/mol. The molecule has 1 N–H and O–H groups in total. The van der Waals surface area contributed by atoms with Crippen LogP contribution < -0.4 is 16.6 Å². The number of nitrogens with one attached hydrogen (secondary N) is 1. The van der Waals surface area contributed by atoms with Crippen LogP contribution in [0.3, 0.4) is 0 Å². The Kier molecular flexibility index (Phi) is 6.12. The average Bonchev–Trinajstić information content (AvgIpc) is 2.70. The second kappa shape index (κ2) is 8.43. The zero-order valence-electron chi connectivity index (χ0n) is 17.9. The van der Waals surface area contributed by atoms with Crippen LogP contribution in [0.1, 0.15) is 36.7 Å². The summed E-state index contributed by atoms with van der Waals surface area (Å²) in [6.07, 6.45) is 0. The Morgan fingerprint density at radius 1 is 1.13 bits per heavy atom. The van der Waals surface area contributed by atoms with Crippen molar-refractivity contribution in [3.63, 3.8) is 0 Å². The van der Waals surface area contributed by atoms with Gasteiger partial charge in [0.2, 0.25) is 5.91 Å². The van der Waals surface area contributed by atoms with Gasteiger partial charge in [-0.05, 0) is 25.5 Å². The highest BCUT2D eigenvalue weighted by atomic mass is 32.2. The van der Waals surface area contributed by atoms with Crippen LogP contribution in [0.4, 0.5) is 5.69 Å². The van der Waals surface area contributed by atoms with Gasteiger partial charge >= 0.3 is 5.69 Å². The lowest BCUT2D eigenvalue weighted by molar-refractivity contribution is -0.113. The highest BCUT2D eigenvalue weighted by Gasteiger charge is 2.19. The Hall–Kier alpha value is -2.94. The molecule has 2 aromatic heterocycles. The lowest BCUT2D eigenvalue weighted by atomic mass is 10.1. The number of thioether (sulfide) groups is 1. The van der Waals surface area contributed by atoms with E-state index in [1.54, 1.807) is 7.05 Å². The summed E-state index contributed by atoms with van der Waals surface area (Å²) in [5.41, 5.74) is 2.20. The molecule has 0 unspecified atom stereocenters. The van der Waals surface area contributed by atoms with Crippen LogP contribution in [0, 0.1) is 13.8 Å². The summed E-state index contributed by atoms with van der Waals surface area (Å²) in [6, 6.07) is 5.81. The Bertz CT molecular complexity index is 1260. The third kappa shape index (κ3) is 4.16. The SMILES string of the molecule is Cc1ccc(NC(=O)CSc2nc(C(C)C)nc3c2c(=O)n(C)c(=O)n3C)c(C)c1. The molecule has 0 aliphatic heterocycles. The van der Waals surface area contributed by atoms with Gasteiger partial charge in [-0.15, -0.1) is 0 Å². The van der Waals surface area contributed by atoms with Crippen molar-refractivity contribution in [1.29, 1.82) is 0 Å². The van der Waals surface area contributed by atoms with Crippen LogP contribution in [0.2, 0.25) is 0 Å². The first-order valence-corrected chi connectivity index (χ1v) is 10.6. The molecule has 1 aromatic carbocycles. The van der Waals surface area contributed by atoms with Crippen LogP contribution >= 0.6 is 11.8 Å². The van der Waals surface area contributed by atoms with Gasteiger partial charge in [0.1, 0.15) is 16.2 Å². The van der Waals surface area contributed by atoms with E-state index in [0.717, 1.165) is 33.1 Å². The number of amides is 1. The van der Waals surface area contributed by atoms with Crippen LogP contribution in [0.15, 0.2) is 32.8 Å². The van der Waals surface area contributed by atoms with Crippen molar-refractivity contribution in [2.75, 3.05) is 11.1 Å². The van der Waals surface area contributed by atoms with Crippen LogP contribution in [0.5, 0.6) is 0 Å². The topological polar surface area (TPSA) is 98.9 Å². The molecule has 3 aromatic rings. The van der Waals surface area contributed by atoms with E-state index in [1.165, 1.54) is 11.6 Å². The molecule has 0 bridgehead atoms. The lowest BCUT2D eigenvalue weighted by Gasteiger charge is -2.13. The number of aromatic nitrogens is 4. The molecular weight excluding hydrogens is 402 g/mol. The van der Waals surface area contributed by atoms with Crippen LogP contribution in [-0.2, 0) is 18.9 Å². The van der Waals surface area contributed by atoms with E-state index in [1.807, 2.05) is 45.9 Å². The van der Waals surface area contributed by atoms with Gasteiger partial charge in [-0.2, -0.15) is 0 Å². The van der Waals surface area contributed by atoms with Crippen molar-refractivity contribution < 1.29 is 4.79 Å². The summed E-state index contributed by atoms with van der Waals surface area (Å²) in [7, 11) is 2.99. The van der Waals surface area contributed by atoms with E-state index in [4.69, 9.17) is 0 Å². The van der Waals surface area contributed by atoms with Crippen molar-refractivity contribution in [1.82, 2.24) is 19.1 Å². The molecule has 158 valence electrons. The molecule has 0 saturated heterocycles. The van der Waals surface area contributed by atoms with Gasteiger partial charge in [-0.25, -0.2) is 14.8 Å². The first-order chi connectivity index (χ1) is 14.1. The van der Waals surface area contributed by atoms with Gasteiger partial charge in [0.15, 0.2) is 5.65 Å². The fraction of sp³-hybridized carbons (Fsp3) is 0.381. The van der Waals surface area contributed by atoms with E-state index in [9.17, 15) is 14.4 Å². The first kappa shape index (κ1) is 21.8. The van der Waals surface area contributed by atoms with Crippen molar-refractivity contribution in [3.8, 4) is 0 Å². The second-order valence-corrected chi connectivity index (χ2v) is 8.57. The summed E-state index contributed by atoms with van der Waals surface area (Å²) in [6.45, 7) is 7.80. The van der Waals surface area contributed by atoms with Crippen molar-refractivity contribution in [2.45, 2.75) is 38.6 Å². The molecule has 0 spiro atoms. The molecule has 3 rings (SSSR count). The van der Waals surface area contributed by atoms with Gasteiger partial charge in [0.25, 0.3) is 5.56 Å². The van der Waals surface area contributed by atoms with Gasteiger partial charge < -0.3 is 5.32 Å². The summed E-state index contributed by atoms with van der Waals surface area (Å²) >= 11 is 1.16. The average molecular weight is 428 g/mol. The second-order valence-electron chi connectivity index (χ2n) is 7.60. The van der Waals surface area contributed by atoms with E-state index >= 15 is 0 Å². The third-order valence-corrected chi connectivity index (χ3v) is 5.77. The fourth-order valence-electron chi connectivity index (χ4n) is 3.08. The highest BCUT2D eigenvalue weighted by molar-refractivity contribution is 8.00. The molecule has 0 radical (unpaired) electrons. The minimum atomic E-state index is -0.472. The highest BCUT2D eigenvalue weighted by Crippen LogP contribution is 2.25. The smallest absolute Gasteiger partial charge is 0.325 e. The van der Waals surface area contributed by atoms with Gasteiger partial charge in [-0.1, -0.05) is 43.3 Å². The number of hydrogen-bond donors (Lipinski definition) is 1. The van der Waals surface area contributed by atoms with Crippen molar-refractivity contribution in [3.05, 3.63) is 56.0 Å². The van der Waals surface area contributed by atoms with E-state index in [2.05, 4.69) is 15.3 Å². The number of fused-ring (bicyclic) bond motifs is 1. The lowest BCUT2D eigenvalue weighted by Crippen LogP contribution is -2.38. The molecule has 0 saturated carbocycles. The number of nitrogens with zero attached hydrogens (tertiary/aromatic N) is 4. The van der Waals surface area contributed by atoms with E-state index in [-0.39, 0.29) is 28.6 Å². The minimum absolute atomic E-state index is 0.00283. The Morgan fingerprint density at radius 3 is 2.47 bits per heavy atom. The quantitative estimate of drug-likeness (QED) is 0.496. The number of anilines is 1. The summed E-state index contributed by atoms with van der Waals surface area (Å²) in [5.74, 6) is 0.384. The molecule has 0 atom stereocenters. The number of benzene rings is 1. The first-order valence-electron chi connectivity index (χ1n) is 9.57. The Labute approximate surface area is 178 Å². The largest absolute Gasteiger partial charge is 0.332 e. The molecule has 9 heteroatoms. The summed E-state index contributed by atoms with van der Waals surface area (Å²) in [4.78, 5) is 46.6. The summed E-state index contributed by atoms with van der Waals surface area (Å²) in [5, 5.41) is 3.54. The number of carbonyl (C=O) groups excluding carboxylic acids is 1. The predicted octanol–water partition coefficient (Wildman–Crippen LogP) is 2.50. The molecule has 30 heavy (non-hydrogen) atoms. The van der Waals surface area contributed by atoms with E-state index in [0.29, 0.717) is 10.9 Å². The number of aryl methyl sites for hydroxylation is 3. The molecule has 8 nitrogen and oxygen atoms in total. The molecule has 1 amide bonds. The van der Waals surface area contributed by atoms with E-state index < -0.39 is 11.2 Å². The predicted molar refractivity (Wildman–Crippen MR) is 119 cm³/mol. The van der Waals surface area contributed by atoms with Crippen molar-refractivity contribution in [2.24, 2.45) is 14.1 Å². The maximum Gasteiger partial charge on any atom is 0.332 e. The zero-order valence-corrected chi connectivity index (χ0v) is 18.8. The standard InChI is InChI=1S/C21H25N5O3S/c1-11(2)17-23-18-16(20(28)26(6)21(29)25(18)5)19(24-17)30-10-15(27)22-14-8-7-12(3)9-13(14)4/h7-9,11H,10H2,1-6H3,(H,22,27). The number of hydrogen-bond acceptors (Lipinski definition) is 6. The molecule has 0 aliphatic carbocycles. The summed E-state index contributed by atoms with van der Waals surface area (Å²) < 4.78 is 2.37. The van der Waals surface area contributed by atoms with Gasteiger partial charge in [0.05, 0.1) is 5.75 Å². The third-order valence-electron chi connectivity index (χ3n) is 4.80. The molecular formula is C21H25N5O3S. The van der Waals surface area contributed by atoms with Gasteiger partial charge in [0, 0.05) is 25.7 Å². The fourth-order valence-corrected chi connectivity index (χ4v) is 3.90. The Morgan fingerprint density at radius 2 is 1.83 bits per heavy atom. The van der Waals surface area contributed by atoms with Gasteiger partial charge in [-0.3, -0.25) is 18.7 Å². The molecule has 0 fully saturated rings. The number of carbonyl (C=O) groups is 1. The maximum atomic E-state index is 12.8. The maximum absolute atomic E-state index is 12.8. The van der Waals surface area contributed by atoms with Crippen LogP contribution in [-0.4, -0.2) is 30.8 Å².